The molecule has 1 heterocycles. The van der Waals surface area contributed by atoms with Crippen molar-refractivity contribution in [2.75, 3.05) is 31.7 Å². The second-order valence-electron chi connectivity index (χ2n) is 5.06. The van der Waals surface area contributed by atoms with Gasteiger partial charge in [0.1, 0.15) is 5.82 Å². The monoisotopic (exact) mass is 323 g/mol. The fourth-order valence-electron chi connectivity index (χ4n) is 1.84. The van der Waals surface area contributed by atoms with E-state index in [-0.39, 0.29) is 23.3 Å². The van der Waals surface area contributed by atoms with Gasteiger partial charge >= 0.3 is 0 Å². The summed E-state index contributed by atoms with van der Waals surface area (Å²) in [7, 11) is 1.69. The van der Waals surface area contributed by atoms with E-state index in [1.54, 1.807) is 14.0 Å². The molecule has 0 aliphatic heterocycles. The Morgan fingerprint density at radius 1 is 1.17 bits per heavy atom. The number of anilines is 2. The SMILES string of the molecule is COCCCCCCN=C(N)NC(=O)c1nc(C)c(N)nc1N. The molecule has 9 nitrogen and oxygen atoms in total. The minimum atomic E-state index is -0.556. The van der Waals surface area contributed by atoms with Gasteiger partial charge in [-0.2, -0.15) is 0 Å². The van der Waals surface area contributed by atoms with Gasteiger partial charge in [0.15, 0.2) is 17.5 Å². The molecule has 0 unspecified atom stereocenters. The van der Waals surface area contributed by atoms with Gasteiger partial charge in [0.25, 0.3) is 5.91 Å². The van der Waals surface area contributed by atoms with Gasteiger partial charge in [-0.25, -0.2) is 9.97 Å². The summed E-state index contributed by atoms with van der Waals surface area (Å²) in [4.78, 5) is 24.0. The van der Waals surface area contributed by atoms with Crippen molar-refractivity contribution in [3.05, 3.63) is 11.4 Å². The summed E-state index contributed by atoms with van der Waals surface area (Å²) in [5.74, 6) is -0.382. The number of unbranched alkanes of at least 4 members (excludes halogenated alkanes) is 3. The van der Waals surface area contributed by atoms with Crippen LogP contribution in [0.25, 0.3) is 0 Å². The summed E-state index contributed by atoms with van der Waals surface area (Å²) in [5.41, 5.74) is 17.3. The number of amides is 1. The Morgan fingerprint density at radius 3 is 2.57 bits per heavy atom. The van der Waals surface area contributed by atoms with Crippen LogP contribution in [-0.2, 0) is 4.74 Å². The average Bonchev–Trinajstić information content (AvgIpc) is 2.49. The van der Waals surface area contributed by atoms with E-state index in [1.807, 2.05) is 0 Å². The lowest BCUT2D eigenvalue weighted by Crippen LogP contribution is -2.38. The number of hydrogen-bond donors (Lipinski definition) is 4. The number of carbonyl (C=O) groups is 1. The van der Waals surface area contributed by atoms with Gasteiger partial charge in [-0.05, 0) is 19.8 Å². The maximum Gasteiger partial charge on any atom is 0.280 e. The first-order chi connectivity index (χ1) is 11.0. The normalized spacial score (nSPS) is 11.5. The third-order valence-electron chi connectivity index (χ3n) is 3.13. The number of nitrogens with two attached hydrogens (primary N) is 3. The minimum Gasteiger partial charge on any atom is -0.385 e. The molecule has 7 N–H and O–H groups in total. The molecule has 9 heteroatoms. The van der Waals surface area contributed by atoms with Crippen molar-refractivity contribution >= 4 is 23.5 Å². The Kier molecular flexibility index (Phi) is 7.75. The number of nitrogens with zero attached hydrogens (tertiary/aromatic N) is 3. The molecule has 1 rings (SSSR count). The molecule has 0 radical (unpaired) electrons. The number of hydrogen-bond acceptors (Lipinski definition) is 7. The van der Waals surface area contributed by atoms with E-state index >= 15 is 0 Å². The molecule has 0 bridgehead atoms. The van der Waals surface area contributed by atoms with Crippen LogP contribution in [0, 0.1) is 6.92 Å². The number of nitrogens with one attached hydrogen (secondary N) is 1. The van der Waals surface area contributed by atoms with Gasteiger partial charge in [0.05, 0.1) is 5.69 Å². The lowest BCUT2D eigenvalue weighted by Gasteiger charge is -2.08. The van der Waals surface area contributed by atoms with E-state index in [9.17, 15) is 4.79 Å². The van der Waals surface area contributed by atoms with Gasteiger partial charge in [0, 0.05) is 20.3 Å². The lowest BCUT2D eigenvalue weighted by molar-refractivity contribution is 0.0972. The molecule has 0 fully saturated rings. The first-order valence-electron chi connectivity index (χ1n) is 7.45. The van der Waals surface area contributed by atoms with Crippen molar-refractivity contribution in [2.24, 2.45) is 10.7 Å². The van der Waals surface area contributed by atoms with Crippen LogP contribution < -0.4 is 22.5 Å². The number of aliphatic imine (C=N–C) groups is 1. The molecule has 1 amide bonds. The highest BCUT2D eigenvalue weighted by atomic mass is 16.5. The Bertz CT molecular complexity index is 560. The van der Waals surface area contributed by atoms with E-state index < -0.39 is 5.91 Å². The molecule has 0 aromatic carbocycles. The fourth-order valence-corrected chi connectivity index (χ4v) is 1.84. The van der Waals surface area contributed by atoms with E-state index in [4.69, 9.17) is 21.9 Å². The highest BCUT2D eigenvalue weighted by Gasteiger charge is 2.15. The minimum absolute atomic E-state index is 0.0191. The summed E-state index contributed by atoms with van der Waals surface area (Å²) in [5, 5.41) is 2.44. The summed E-state index contributed by atoms with van der Waals surface area (Å²) in [6, 6.07) is 0. The molecule has 0 saturated carbocycles. The van der Waals surface area contributed by atoms with Gasteiger partial charge in [-0.15, -0.1) is 0 Å². The van der Waals surface area contributed by atoms with Crippen LogP contribution in [0.5, 0.6) is 0 Å². The number of nitrogen functional groups attached to an aromatic ring is 2. The van der Waals surface area contributed by atoms with Crippen molar-refractivity contribution in [3.8, 4) is 0 Å². The molecule has 23 heavy (non-hydrogen) atoms. The van der Waals surface area contributed by atoms with E-state index in [2.05, 4.69) is 20.3 Å². The summed E-state index contributed by atoms with van der Waals surface area (Å²) >= 11 is 0. The Hall–Kier alpha value is -2.42. The molecule has 1 aromatic rings. The van der Waals surface area contributed by atoms with Crippen molar-refractivity contribution in [2.45, 2.75) is 32.6 Å². The Labute approximate surface area is 135 Å². The molecular weight excluding hydrogens is 298 g/mol. The van der Waals surface area contributed by atoms with Gasteiger partial charge in [0.2, 0.25) is 0 Å². The zero-order chi connectivity index (χ0) is 17.2. The predicted molar refractivity (Wildman–Crippen MR) is 89.9 cm³/mol. The fraction of sp³-hybridized carbons (Fsp3) is 0.571. The average molecular weight is 323 g/mol. The number of aryl methyl sites for hydroxylation is 1. The van der Waals surface area contributed by atoms with Gasteiger partial charge in [-0.1, -0.05) is 12.8 Å². The first-order valence-corrected chi connectivity index (χ1v) is 7.45. The molecule has 0 aliphatic rings. The standard InChI is InChI=1S/C14H25N7O2/c1-9-11(15)20-12(16)10(19-9)13(22)21-14(17)18-7-5-3-4-6-8-23-2/h3-8H2,1-2H3,(H4,15,16,20)(H3,17,18,21,22). The molecule has 128 valence electrons. The lowest BCUT2D eigenvalue weighted by atomic mass is 10.2. The Balaban J connectivity index is 2.44. The molecule has 0 spiro atoms. The second kappa shape index (κ2) is 9.57. The maximum atomic E-state index is 12.0. The number of rotatable bonds is 8. The van der Waals surface area contributed by atoms with Crippen molar-refractivity contribution in [1.82, 2.24) is 15.3 Å². The van der Waals surface area contributed by atoms with Crippen LogP contribution in [-0.4, -0.2) is 42.1 Å². The number of carbonyl (C=O) groups excluding carboxylic acids is 1. The molecule has 0 aliphatic carbocycles. The quantitative estimate of drug-likeness (QED) is 0.302. The third-order valence-corrected chi connectivity index (χ3v) is 3.13. The first kappa shape index (κ1) is 18.6. The number of aromatic nitrogens is 2. The van der Waals surface area contributed by atoms with Crippen molar-refractivity contribution < 1.29 is 9.53 Å². The van der Waals surface area contributed by atoms with Gasteiger partial charge < -0.3 is 21.9 Å². The predicted octanol–water partition coefficient (Wildman–Crippen LogP) is 0.201. The van der Waals surface area contributed by atoms with E-state index in [1.165, 1.54) is 0 Å². The number of ether oxygens (including phenoxy) is 1. The van der Waals surface area contributed by atoms with Crippen LogP contribution in [0.15, 0.2) is 4.99 Å². The maximum absolute atomic E-state index is 12.0. The van der Waals surface area contributed by atoms with Crippen LogP contribution in [0.4, 0.5) is 11.6 Å². The van der Waals surface area contributed by atoms with E-state index in [0.717, 1.165) is 32.3 Å². The molecular formula is C14H25N7O2. The third kappa shape index (κ3) is 6.47. The topological polar surface area (TPSA) is 155 Å². The zero-order valence-electron chi connectivity index (χ0n) is 13.6. The molecule has 0 saturated heterocycles. The molecule has 1 aromatic heterocycles. The van der Waals surface area contributed by atoms with E-state index in [0.29, 0.717) is 12.2 Å². The van der Waals surface area contributed by atoms with Crippen molar-refractivity contribution in [3.63, 3.8) is 0 Å². The number of guanidine groups is 1. The molecule has 0 atom stereocenters. The highest BCUT2D eigenvalue weighted by Crippen LogP contribution is 2.11. The Morgan fingerprint density at radius 2 is 1.87 bits per heavy atom. The second-order valence-corrected chi connectivity index (χ2v) is 5.06. The van der Waals surface area contributed by atoms with Crippen LogP contribution in [0.1, 0.15) is 41.9 Å². The van der Waals surface area contributed by atoms with Gasteiger partial charge in [-0.3, -0.25) is 15.1 Å². The van der Waals surface area contributed by atoms with Crippen LogP contribution in [0.3, 0.4) is 0 Å². The van der Waals surface area contributed by atoms with Crippen LogP contribution >= 0.6 is 0 Å². The highest BCUT2D eigenvalue weighted by molar-refractivity contribution is 6.06. The summed E-state index contributed by atoms with van der Waals surface area (Å²) in [6.07, 6.45) is 4.03. The van der Waals surface area contributed by atoms with Crippen molar-refractivity contribution in [1.29, 1.82) is 0 Å². The zero-order valence-corrected chi connectivity index (χ0v) is 13.6. The summed E-state index contributed by atoms with van der Waals surface area (Å²) in [6.45, 7) is 2.95. The largest absolute Gasteiger partial charge is 0.385 e. The van der Waals surface area contributed by atoms with Crippen LogP contribution in [0.2, 0.25) is 0 Å². The number of methoxy groups -OCH3 is 1. The smallest absolute Gasteiger partial charge is 0.280 e. The summed E-state index contributed by atoms with van der Waals surface area (Å²) < 4.78 is 4.97.